The van der Waals surface area contributed by atoms with Crippen molar-refractivity contribution in [2.24, 2.45) is 0 Å². The number of halogens is 2. The van der Waals surface area contributed by atoms with Crippen LogP contribution in [0.15, 0.2) is 24.7 Å². The van der Waals surface area contributed by atoms with Gasteiger partial charge < -0.3 is 5.32 Å². The Morgan fingerprint density at radius 1 is 1.32 bits per heavy atom. The van der Waals surface area contributed by atoms with Gasteiger partial charge in [-0.2, -0.15) is 0 Å². The van der Waals surface area contributed by atoms with Crippen LogP contribution >= 0.6 is 0 Å². The summed E-state index contributed by atoms with van der Waals surface area (Å²) in [6.07, 6.45) is 5.31. The van der Waals surface area contributed by atoms with E-state index >= 15 is 0 Å². The summed E-state index contributed by atoms with van der Waals surface area (Å²) in [6, 6.07) is 2.60. The summed E-state index contributed by atoms with van der Waals surface area (Å²) in [7, 11) is 0. The third-order valence-electron chi connectivity index (χ3n) is 3.57. The van der Waals surface area contributed by atoms with Gasteiger partial charge in [0.05, 0.1) is 23.9 Å². The molecule has 1 aliphatic rings. The van der Waals surface area contributed by atoms with Crippen LogP contribution in [0.4, 0.5) is 8.78 Å². The number of rotatable bonds is 2. The monoisotopic (exact) mass is 263 g/mol. The zero-order chi connectivity index (χ0) is 13.4. The second-order valence-electron chi connectivity index (χ2n) is 4.89. The van der Waals surface area contributed by atoms with Gasteiger partial charge in [0.2, 0.25) is 0 Å². The SMILES string of the molecule is Cc1cc(F)c(-n2cncc2C2CCCN2)cc1F. The highest BCUT2D eigenvalue weighted by Crippen LogP contribution is 2.27. The van der Waals surface area contributed by atoms with Gasteiger partial charge in [0.25, 0.3) is 0 Å². The fraction of sp³-hybridized carbons (Fsp3) is 0.357. The molecule has 1 fully saturated rings. The molecule has 3 nitrogen and oxygen atoms in total. The summed E-state index contributed by atoms with van der Waals surface area (Å²) in [4.78, 5) is 4.07. The van der Waals surface area contributed by atoms with Gasteiger partial charge in [0, 0.05) is 12.1 Å². The third-order valence-corrected chi connectivity index (χ3v) is 3.57. The first kappa shape index (κ1) is 12.3. The maximum Gasteiger partial charge on any atom is 0.147 e. The van der Waals surface area contributed by atoms with Crippen molar-refractivity contribution in [3.05, 3.63) is 47.5 Å². The Bertz CT molecular complexity index is 601. The van der Waals surface area contributed by atoms with Crippen LogP contribution in [0, 0.1) is 18.6 Å². The summed E-state index contributed by atoms with van der Waals surface area (Å²) < 4.78 is 29.3. The summed E-state index contributed by atoms with van der Waals surface area (Å²) in [5, 5.41) is 3.34. The van der Waals surface area contributed by atoms with Crippen LogP contribution in [0.3, 0.4) is 0 Å². The molecule has 2 heterocycles. The average Bonchev–Trinajstić information content (AvgIpc) is 3.03. The van der Waals surface area contributed by atoms with Crippen molar-refractivity contribution in [1.82, 2.24) is 14.9 Å². The number of imidazole rings is 1. The predicted octanol–water partition coefficient (Wildman–Crippen LogP) is 2.88. The largest absolute Gasteiger partial charge is 0.309 e. The standard InChI is InChI=1S/C14H15F2N3/c1-9-5-11(16)13(6-10(9)15)19-8-17-7-14(19)12-3-2-4-18-12/h5-8,12,18H,2-4H2,1H3. The molecule has 1 aliphatic heterocycles. The van der Waals surface area contributed by atoms with E-state index in [0.29, 0.717) is 5.56 Å². The molecule has 1 unspecified atom stereocenters. The Kier molecular flexibility index (Phi) is 3.06. The minimum Gasteiger partial charge on any atom is -0.309 e. The van der Waals surface area contributed by atoms with E-state index in [1.165, 1.54) is 18.5 Å². The molecule has 1 saturated heterocycles. The van der Waals surface area contributed by atoms with E-state index in [4.69, 9.17) is 0 Å². The van der Waals surface area contributed by atoms with Gasteiger partial charge >= 0.3 is 0 Å². The second-order valence-corrected chi connectivity index (χ2v) is 4.89. The molecule has 1 atom stereocenters. The molecule has 1 N–H and O–H groups in total. The van der Waals surface area contributed by atoms with Crippen molar-refractivity contribution in [1.29, 1.82) is 0 Å². The second kappa shape index (κ2) is 4.74. The van der Waals surface area contributed by atoms with Crippen LogP contribution < -0.4 is 5.32 Å². The molecule has 1 aromatic heterocycles. The fourth-order valence-electron chi connectivity index (χ4n) is 2.52. The van der Waals surface area contributed by atoms with Gasteiger partial charge in [0.15, 0.2) is 0 Å². The van der Waals surface area contributed by atoms with Crippen molar-refractivity contribution in [3.8, 4) is 5.69 Å². The van der Waals surface area contributed by atoms with Crippen LogP contribution in [0.5, 0.6) is 0 Å². The maximum absolute atomic E-state index is 14.0. The molecule has 19 heavy (non-hydrogen) atoms. The Morgan fingerprint density at radius 2 is 2.16 bits per heavy atom. The van der Waals surface area contributed by atoms with Crippen LogP contribution in [-0.2, 0) is 0 Å². The fourth-order valence-corrected chi connectivity index (χ4v) is 2.52. The normalized spacial score (nSPS) is 19.0. The number of aromatic nitrogens is 2. The Morgan fingerprint density at radius 3 is 2.89 bits per heavy atom. The van der Waals surface area contributed by atoms with Crippen LogP contribution in [0.2, 0.25) is 0 Å². The molecule has 0 aliphatic carbocycles. The lowest BCUT2D eigenvalue weighted by atomic mass is 10.1. The first-order valence-corrected chi connectivity index (χ1v) is 6.38. The maximum atomic E-state index is 14.0. The molecule has 100 valence electrons. The van der Waals surface area contributed by atoms with Crippen LogP contribution in [0.25, 0.3) is 5.69 Å². The molecule has 1 aromatic carbocycles. The predicted molar refractivity (Wildman–Crippen MR) is 68.2 cm³/mol. The zero-order valence-electron chi connectivity index (χ0n) is 10.7. The highest BCUT2D eigenvalue weighted by molar-refractivity contribution is 5.39. The molecule has 3 rings (SSSR count). The Balaban J connectivity index is 2.07. The molecule has 2 aromatic rings. The third kappa shape index (κ3) is 2.14. The lowest BCUT2D eigenvalue weighted by molar-refractivity contribution is 0.572. The Labute approximate surface area is 110 Å². The summed E-state index contributed by atoms with van der Waals surface area (Å²) in [5.74, 6) is -0.841. The van der Waals surface area contributed by atoms with E-state index in [1.807, 2.05) is 0 Å². The topological polar surface area (TPSA) is 29.9 Å². The lowest BCUT2D eigenvalue weighted by Crippen LogP contribution is -2.16. The molecular weight excluding hydrogens is 248 g/mol. The van der Waals surface area contributed by atoms with Gasteiger partial charge in [0.1, 0.15) is 11.6 Å². The number of nitrogens with zero attached hydrogens (tertiary/aromatic N) is 2. The molecule has 5 heteroatoms. The number of aryl methyl sites for hydroxylation is 1. The van der Waals surface area contributed by atoms with Crippen molar-refractivity contribution >= 4 is 0 Å². The van der Waals surface area contributed by atoms with Gasteiger partial charge in [-0.3, -0.25) is 4.57 Å². The number of hydrogen-bond donors (Lipinski definition) is 1. The van der Waals surface area contributed by atoms with E-state index in [-0.39, 0.29) is 11.7 Å². The quantitative estimate of drug-likeness (QED) is 0.903. The number of benzene rings is 1. The first-order valence-electron chi connectivity index (χ1n) is 6.38. The van der Waals surface area contributed by atoms with Gasteiger partial charge in [-0.1, -0.05) is 0 Å². The molecule has 0 bridgehead atoms. The van der Waals surface area contributed by atoms with Crippen LogP contribution in [0.1, 0.15) is 30.1 Å². The van der Waals surface area contributed by atoms with Crippen LogP contribution in [-0.4, -0.2) is 16.1 Å². The molecule has 0 radical (unpaired) electrons. The summed E-state index contributed by atoms with van der Waals surface area (Å²) in [6.45, 7) is 2.50. The summed E-state index contributed by atoms with van der Waals surface area (Å²) in [5.41, 5.74) is 1.39. The van der Waals surface area contributed by atoms with Gasteiger partial charge in [-0.15, -0.1) is 0 Å². The first-order chi connectivity index (χ1) is 9.16. The number of hydrogen-bond acceptors (Lipinski definition) is 2. The van der Waals surface area contributed by atoms with Gasteiger partial charge in [-0.25, -0.2) is 13.8 Å². The zero-order valence-corrected chi connectivity index (χ0v) is 10.7. The average molecular weight is 263 g/mol. The number of nitrogens with one attached hydrogen (secondary N) is 1. The van der Waals surface area contributed by atoms with E-state index in [1.54, 1.807) is 17.7 Å². The highest BCUT2D eigenvalue weighted by Gasteiger charge is 2.21. The Hall–Kier alpha value is -1.75. The van der Waals surface area contributed by atoms with E-state index in [0.717, 1.165) is 25.1 Å². The van der Waals surface area contributed by atoms with Crippen molar-refractivity contribution in [2.75, 3.05) is 6.54 Å². The van der Waals surface area contributed by atoms with Crippen molar-refractivity contribution < 1.29 is 8.78 Å². The molecule has 0 amide bonds. The minimum atomic E-state index is -0.434. The molecule has 0 saturated carbocycles. The minimum absolute atomic E-state index is 0.159. The van der Waals surface area contributed by atoms with Gasteiger partial charge in [-0.05, 0) is 37.9 Å². The van der Waals surface area contributed by atoms with E-state index < -0.39 is 11.6 Å². The van der Waals surface area contributed by atoms with Crippen molar-refractivity contribution in [3.63, 3.8) is 0 Å². The van der Waals surface area contributed by atoms with E-state index in [2.05, 4.69) is 10.3 Å². The lowest BCUT2D eigenvalue weighted by Gasteiger charge is -2.15. The highest BCUT2D eigenvalue weighted by atomic mass is 19.1. The molecule has 0 spiro atoms. The van der Waals surface area contributed by atoms with Crippen molar-refractivity contribution in [2.45, 2.75) is 25.8 Å². The smallest absolute Gasteiger partial charge is 0.147 e. The summed E-state index contributed by atoms with van der Waals surface area (Å²) >= 11 is 0. The molecular formula is C14H15F2N3. The van der Waals surface area contributed by atoms with E-state index in [9.17, 15) is 8.78 Å².